The molecule has 7 heteroatoms. The van der Waals surface area contributed by atoms with Crippen LogP contribution in [-0.4, -0.2) is 67.7 Å². The number of carbonyl (C=O) groups is 1. The van der Waals surface area contributed by atoms with Gasteiger partial charge in [0, 0.05) is 26.2 Å². The number of alkyl halides is 3. The van der Waals surface area contributed by atoms with Crippen molar-refractivity contribution in [1.29, 1.82) is 0 Å². The summed E-state index contributed by atoms with van der Waals surface area (Å²) in [7, 11) is 1.67. The highest BCUT2D eigenvalue weighted by Gasteiger charge is 2.41. The van der Waals surface area contributed by atoms with Crippen molar-refractivity contribution in [2.45, 2.75) is 19.1 Å². The van der Waals surface area contributed by atoms with Gasteiger partial charge in [-0.3, -0.25) is 9.69 Å². The zero-order chi connectivity index (χ0) is 13.1. The maximum absolute atomic E-state index is 12.5. The number of piperazine rings is 1. The normalized spacial score (nSPS) is 20.4. The molecule has 1 atom stereocenters. The minimum absolute atomic E-state index is 0.0631. The van der Waals surface area contributed by atoms with Crippen LogP contribution in [0.4, 0.5) is 13.2 Å². The van der Waals surface area contributed by atoms with Gasteiger partial charge in [-0.15, -0.1) is 0 Å². The fraction of sp³-hybridized carbons (Fsp3) is 0.900. The van der Waals surface area contributed by atoms with Gasteiger partial charge < -0.3 is 10.2 Å². The van der Waals surface area contributed by atoms with Crippen molar-refractivity contribution in [2.75, 3.05) is 39.8 Å². The summed E-state index contributed by atoms with van der Waals surface area (Å²) in [5.41, 5.74) is 0. The van der Waals surface area contributed by atoms with E-state index >= 15 is 0 Å². The number of rotatable bonds is 3. The van der Waals surface area contributed by atoms with Gasteiger partial charge in [0.25, 0.3) is 0 Å². The van der Waals surface area contributed by atoms with Crippen LogP contribution in [0.25, 0.3) is 0 Å². The van der Waals surface area contributed by atoms with Crippen molar-refractivity contribution < 1.29 is 18.0 Å². The van der Waals surface area contributed by atoms with Crippen LogP contribution in [0.2, 0.25) is 0 Å². The molecule has 4 nitrogen and oxygen atoms in total. The third kappa shape index (κ3) is 3.85. The molecule has 0 spiro atoms. The standard InChI is InChI=1S/C10H18F3N3O/c1-8(10(11,12)13)15-3-5-16(6-4-15)9(17)7-14-2/h8,14H,3-7H2,1-2H3. The number of nitrogens with one attached hydrogen (secondary N) is 1. The smallest absolute Gasteiger partial charge is 0.339 e. The van der Waals surface area contributed by atoms with Crippen LogP contribution in [0.15, 0.2) is 0 Å². The molecule has 1 aliphatic rings. The molecule has 0 aromatic heterocycles. The van der Waals surface area contributed by atoms with Crippen LogP contribution in [-0.2, 0) is 4.79 Å². The summed E-state index contributed by atoms with van der Waals surface area (Å²) in [4.78, 5) is 14.5. The summed E-state index contributed by atoms with van der Waals surface area (Å²) in [5, 5.41) is 2.74. The van der Waals surface area contributed by atoms with Crippen LogP contribution in [0.3, 0.4) is 0 Å². The Bertz CT molecular complexity index is 262. The number of hydrogen-bond donors (Lipinski definition) is 1. The van der Waals surface area contributed by atoms with Gasteiger partial charge in [0.2, 0.25) is 5.91 Å². The lowest BCUT2D eigenvalue weighted by molar-refractivity contribution is -0.182. The predicted molar refractivity (Wildman–Crippen MR) is 57.6 cm³/mol. The first-order chi connectivity index (χ1) is 7.86. The molecule has 17 heavy (non-hydrogen) atoms. The van der Waals surface area contributed by atoms with Gasteiger partial charge in [-0.1, -0.05) is 0 Å². The van der Waals surface area contributed by atoms with Crippen LogP contribution in [0, 0.1) is 0 Å². The molecule has 0 aliphatic carbocycles. The topological polar surface area (TPSA) is 35.6 Å². The van der Waals surface area contributed by atoms with Gasteiger partial charge in [-0.25, -0.2) is 0 Å². The largest absolute Gasteiger partial charge is 0.403 e. The third-order valence-corrected chi connectivity index (χ3v) is 3.02. The highest BCUT2D eigenvalue weighted by atomic mass is 19.4. The fourth-order valence-electron chi connectivity index (χ4n) is 1.83. The highest BCUT2D eigenvalue weighted by molar-refractivity contribution is 5.78. The molecular weight excluding hydrogens is 235 g/mol. The van der Waals surface area contributed by atoms with Crippen molar-refractivity contribution in [1.82, 2.24) is 15.1 Å². The van der Waals surface area contributed by atoms with Gasteiger partial charge in [-0.2, -0.15) is 13.2 Å². The molecule has 1 amide bonds. The maximum Gasteiger partial charge on any atom is 0.403 e. The number of nitrogens with zero attached hydrogens (tertiary/aromatic N) is 2. The molecule has 1 heterocycles. The Hall–Kier alpha value is -0.820. The summed E-state index contributed by atoms with van der Waals surface area (Å²) < 4.78 is 37.4. The first kappa shape index (κ1) is 14.2. The zero-order valence-corrected chi connectivity index (χ0v) is 10.0. The Kier molecular flexibility index (Phi) is 4.76. The Morgan fingerprint density at radius 2 is 1.82 bits per heavy atom. The van der Waals surface area contributed by atoms with Crippen molar-refractivity contribution >= 4 is 5.91 Å². The number of likely N-dealkylation sites (N-methyl/N-ethyl adjacent to an activating group) is 1. The van der Waals surface area contributed by atoms with E-state index < -0.39 is 12.2 Å². The van der Waals surface area contributed by atoms with Gasteiger partial charge in [-0.05, 0) is 14.0 Å². The average molecular weight is 253 g/mol. The molecule has 0 radical (unpaired) electrons. The maximum atomic E-state index is 12.5. The number of halogens is 3. The summed E-state index contributed by atoms with van der Waals surface area (Å²) in [6, 6.07) is -1.44. The molecular formula is C10H18F3N3O. The lowest BCUT2D eigenvalue weighted by Crippen LogP contribution is -2.55. The van der Waals surface area contributed by atoms with Gasteiger partial charge >= 0.3 is 6.18 Å². The Labute approximate surface area is 98.7 Å². The second-order valence-electron chi connectivity index (χ2n) is 4.16. The van der Waals surface area contributed by atoms with E-state index in [4.69, 9.17) is 0 Å². The van der Waals surface area contributed by atoms with Gasteiger partial charge in [0.15, 0.2) is 0 Å². The first-order valence-electron chi connectivity index (χ1n) is 5.59. The second kappa shape index (κ2) is 5.68. The molecule has 1 rings (SSSR count). The fourth-order valence-corrected chi connectivity index (χ4v) is 1.83. The summed E-state index contributed by atoms with van der Waals surface area (Å²) in [6.07, 6.45) is -4.20. The van der Waals surface area contributed by atoms with Crippen LogP contribution in [0.1, 0.15) is 6.92 Å². The molecule has 100 valence electrons. The first-order valence-corrected chi connectivity index (χ1v) is 5.59. The highest BCUT2D eigenvalue weighted by Crippen LogP contribution is 2.25. The molecule has 0 aromatic rings. The van der Waals surface area contributed by atoms with Crippen molar-refractivity contribution in [2.24, 2.45) is 0 Å². The molecule has 1 saturated heterocycles. The molecule has 0 bridgehead atoms. The van der Waals surface area contributed by atoms with E-state index in [9.17, 15) is 18.0 Å². The summed E-state index contributed by atoms with van der Waals surface area (Å²) in [5.74, 6) is -0.0631. The summed E-state index contributed by atoms with van der Waals surface area (Å²) >= 11 is 0. The number of hydrogen-bond acceptors (Lipinski definition) is 3. The number of amides is 1. The van der Waals surface area contributed by atoms with E-state index in [1.165, 1.54) is 4.90 Å². The van der Waals surface area contributed by atoms with E-state index in [0.717, 1.165) is 6.92 Å². The molecule has 0 aromatic carbocycles. The molecule has 1 fully saturated rings. The lowest BCUT2D eigenvalue weighted by Gasteiger charge is -2.38. The average Bonchev–Trinajstić information content (AvgIpc) is 2.27. The Morgan fingerprint density at radius 1 is 1.29 bits per heavy atom. The molecule has 1 N–H and O–H groups in total. The second-order valence-corrected chi connectivity index (χ2v) is 4.16. The molecule has 0 saturated carbocycles. The Balaban J connectivity index is 2.43. The number of carbonyl (C=O) groups excluding carboxylic acids is 1. The van der Waals surface area contributed by atoms with Crippen LogP contribution >= 0.6 is 0 Å². The quantitative estimate of drug-likeness (QED) is 0.786. The molecule has 1 aliphatic heterocycles. The van der Waals surface area contributed by atoms with Gasteiger partial charge in [0.05, 0.1) is 6.54 Å². The minimum atomic E-state index is -4.20. The SMILES string of the molecule is CNCC(=O)N1CCN(C(C)C(F)(F)F)CC1. The zero-order valence-electron chi connectivity index (χ0n) is 10.0. The van der Waals surface area contributed by atoms with Gasteiger partial charge in [0.1, 0.15) is 6.04 Å². The van der Waals surface area contributed by atoms with E-state index in [-0.39, 0.29) is 25.5 Å². The predicted octanol–water partition coefficient (Wildman–Crippen LogP) is 0.301. The van der Waals surface area contributed by atoms with Crippen molar-refractivity contribution in [3.05, 3.63) is 0 Å². The summed E-state index contributed by atoms with van der Waals surface area (Å²) in [6.45, 7) is 2.66. The Morgan fingerprint density at radius 3 is 2.24 bits per heavy atom. The van der Waals surface area contributed by atoms with E-state index in [0.29, 0.717) is 13.1 Å². The van der Waals surface area contributed by atoms with E-state index in [2.05, 4.69) is 5.32 Å². The lowest BCUT2D eigenvalue weighted by atomic mass is 10.2. The molecule has 1 unspecified atom stereocenters. The van der Waals surface area contributed by atoms with Crippen molar-refractivity contribution in [3.8, 4) is 0 Å². The van der Waals surface area contributed by atoms with Crippen LogP contribution < -0.4 is 5.32 Å². The third-order valence-electron chi connectivity index (χ3n) is 3.02. The van der Waals surface area contributed by atoms with E-state index in [1.54, 1.807) is 11.9 Å². The minimum Gasteiger partial charge on any atom is -0.339 e. The van der Waals surface area contributed by atoms with Crippen molar-refractivity contribution in [3.63, 3.8) is 0 Å². The van der Waals surface area contributed by atoms with Crippen LogP contribution in [0.5, 0.6) is 0 Å². The van der Waals surface area contributed by atoms with E-state index in [1.807, 2.05) is 0 Å². The monoisotopic (exact) mass is 253 g/mol.